The number of hydrogen-bond donors (Lipinski definition) is 1. The van der Waals surface area contributed by atoms with Gasteiger partial charge in [-0.3, -0.25) is 4.99 Å². The number of nitrogens with zero attached hydrogens (tertiary/aromatic N) is 1. The quantitative estimate of drug-likeness (QED) is 0.162. The van der Waals surface area contributed by atoms with Crippen molar-refractivity contribution in [3.8, 4) is 11.5 Å². The van der Waals surface area contributed by atoms with Gasteiger partial charge in [0.05, 0.1) is 18.7 Å². The number of aliphatic imine (C=N–C) groups is 1. The maximum absolute atomic E-state index is 12.7. The number of carbonyl (C=O) groups is 2. The van der Waals surface area contributed by atoms with Crippen molar-refractivity contribution in [2.45, 2.75) is 26.3 Å². The van der Waals surface area contributed by atoms with E-state index < -0.39 is 18.0 Å². The molecule has 0 radical (unpaired) electrons. The van der Waals surface area contributed by atoms with Gasteiger partial charge in [0.15, 0.2) is 0 Å². The number of carboxylic acids is 1. The van der Waals surface area contributed by atoms with E-state index in [1.807, 2.05) is 13.8 Å². The van der Waals surface area contributed by atoms with Gasteiger partial charge < -0.3 is 19.3 Å². The molecule has 1 N–H and O–H groups in total. The Morgan fingerprint density at radius 3 is 2.38 bits per heavy atom. The van der Waals surface area contributed by atoms with Crippen LogP contribution in [0.1, 0.15) is 31.4 Å². The highest BCUT2D eigenvalue weighted by molar-refractivity contribution is 9.15. The molecule has 2 atom stereocenters. The average molecular weight is 504 g/mol. The molecule has 0 aliphatic carbocycles. The number of esters is 1. The lowest BCUT2D eigenvalue weighted by molar-refractivity contribution is -0.139. The smallest absolute Gasteiger partial charge is 0.380 e. The molecule has 0 fully saturated rings. The van der Waals surface area contributed by atoms with Crippen molar-refractivity contribution in [2.24, 2.45) is 10.9 Å². The van der Waals surface area contributed by atoms with E-state index in [-0.39, 0.29) is 17.4 Å². The molecular weight excluding hydrogens is 478 g/mol. The molecule has 0 aliphatic heterocycles. The number of carboxylic acid groups (broad SMARTS) is 1. The number of benzene rings is 2. The fraction of sp³-hybridized carbons (Fsp3) is 0.292. The van der Waals surface area contributed by atoms with Crippen molar-refractivity contribution in [3.63, 3.8) is 0 Å². The summed E-state index contributed by atoms with van der Waals surface area (Å²) in [7, 11) is 2.95. The van der Waals surface area contributed by atoms with E-state index in [1.54, 1.807) is 55.6 Å². The van der Waals surface area contributed by atoms with Crippen LogP contribution >= 0.6 is 15.9 Å². The minimum atomic E-state index is -0.976. The number of carbonyl (C=O) groups excluding carboxylic acids is 1. The lowest BCUT2D eigenvalue weighted by atomic mass is 10.00. The molecule has 2 unspecified atom stereocenters. The number of aliphatic carboxylic acids is 1. The Labute approximate surface area is 195 Å². The van der Waals surface area contributed by atoms with Crippen LogP contribution in [0.2, 0.25) is 0 Å². The first-order valence-corrected chi connectivity index (χ1v) is 10.8. The number of methoxy groups -OCH3 is 2. The van der Waals surface area contributed by atoms with E-state index in [4.69, 9.17) is 14.2 Å². The number of halogens is 1. The predicted molar refractivity (Wildman–Crippen MR) is 126 cm³/mol. The first-order chi connectivity index (χ1) is 15.3. The molecule has 0 amide bonds. The van der Waals surface area contributed by atoms with Crippen LogP contribution in [-0.4, -0.2) is 43.5 Å². The summed E-state index contributed by atoms with van der Waals surface area (Å²) in [5.74, 6) is -0.804. The second kappa shape index (κ2) is 12.0. The summed E-state index contributed by atoms with van der Waals surface area (Å²) >= 11 is 3.40. The highest BCUT2D eigenvalue weighted by Crippen LogP contribution is 2.28. The second-order valence-corrected chi connectivity index (χ2v) is 7.78. The number of rotatable bonds is 10. The van der Waals surface area contributed by atoms with Crippen LogP contribution in [0.25, 0.3) is 4.48 Å². The van der Waals surface area contributed by atoms with Gasteiger partial charge in [-0.25, -0.2) is 9.59 Å². The van der Waals surface area contributed by atoms with Crippen molar-refractivity contribution < 1.29 is 28.9 Å². The molecule has 2 rings (SSSR count). The molecular formula is C24H26BrNO6. The zero-order valence-electron chi connectivity index (χ0n) is 18.4. The van der Waals surface area contributed by atoms with Crippen LogP contribution in [0.4, 0.5) is 0 Å². The molecule has 0 saturated heterocycles. The Kier molecular flexibility index (Phi) is 9.46. The first kappa shape index (κ1) is 25.1. The highest BCUT2D eigenvalue weighted by Gasteiger charge is 2.22. The van der Waals surface area contributed by atoms with Gasteiger partial charge in [0.2, 0.25) is 5.76 Å². The Morgan fingerprint density at radius 1 is 1.12 bits per heavy atom. The summed E-state index contributed by atoms with van der Waals surface area (Å²) in [6, 6.07) is 12.9. The van der Waals surface area contributed by atoms with Gasteiger partial charge in [-0.15, -0.1) is 0 Å². The lowest BCUT2D eigenvalue weighted by Gasteiger charge is -2.14. The summed E-state index contributed by atoms with van der Waals surface area (Å²) in [6.45, 7) is 3.76. The van der Waals surface area contributed by atoms with Gasteiger partial charge in [0.25, 0.3) is 0 Å². The molecule has 7 nitrogen and oxygen atoms in total. The summed E-state index contributed by atoms with van der Waals surface area (Å²) in [6.07, 6.45) is 2.17. The molecule has 0 aliphatic rings. The molecule has 170 valence electrons. The maximum Gasteiger partial charge on any atom is 0.380 e. The third-order valence-electron chi connectivity index (χ3n) is 4.82. The van der Waals surface area contributed by atoms with Crippen molar-refractivity contribution >= 4 is 38.6 Å². The SMILES string of the molecule is CCC(C)C(N=Cc1cccc(OC(=O)/C(OC)=C(\Br)c2ccc(OC)cc2)c1)C(=O)O. The van der Waals surface area contributed by atoms with E-state index in [0.717, 1.165) is 0 Å². The van der Waals surface area contributed by atoms with Crippen molar-refractivity contribution in [3.05, 3.63) is 65.4 Å². The normalized spacial score (nSPS) is 13.8. The zero-order chi connectivity index (χ0) is 23.7. The second-order valence-electron chi connectivity index (χ2n) is 6.98. The van der Waals surface area contributed by atoms with Crippen molar-refractivity contribution in [1.82, 2.24) is 0 Å². The highest BCUT2D eigenvalue weighted by atomic mass is 79.9. The van der Waals surface area contributed by atoms with Gasteiger partial charge in [0.1, 0.15) is 17.5 Å². The minimum absolute atomic E-state index is 0.00283. The van der Waals surface area contributed by atoms with Gasteiger partial charge in [-0.2, -0.15) is 0 Å². The van der Waals surface area contributed by atoms with E-state index >= 15 is 0 Å². The van der Waals surface area contributed by atoms with Crippen LogP contribution in [0.5, 0.6) is 11.5 Å². The molecule has 0 spiro atoms. The number of hydrogen-bond acceptors (Lipinski definition) is 6. The van der Waals surface area contributed by atoms with E-state index in [1.165, 1.54) is 13.3 Å². The van der Waals surface area contributed by atoms with Crippen molar-refractivity contribution in [2.75, 3.05) is 14.2 Å². The fourth-order valence-corrected chi connectivity index (χ4v) is 3.37. The molecule has 2 aromatic carbocycles. The van der Waals surface area contributed by atoms with Crippen molar-refractivity contribution in [1.29, 1.82) is 0 Å². The standard InChI is InChI=1S/C24H26BrNO6/c1-5-15(2)21(23(27)28)26-14-16-7-6-8-19(13-16)32-24(29)22(31-4)20(25)17-9-11-18(30-3)12-10-17/h6-15,21H,5H2,1-4H3,(H,27,28)/b22-20+,26-14?. The Hall–Kier alpha value is -3.13. The zero-order valence-corrected chi connectivity index (χ0v) is 20.0. The maximum atomic E-state index is 12.7. The molecule has 0 aromatic heterocycles. The fourth-order valence-electron chi connectivity index (χ4n) is 2.79. The van der Waals surface area contributed by atoms with Crippen LogP contribution in [-0.2, 0) is 14.3 Å². The summed E-state index contributed by atoms with van der Waals surface area (Å²) < 4.78 is 16.3. The third-order valence-corrected chi connectivity index (χ3v) is 5.64. The first-order valence-electron chi connectivity index (χ1n) is 9.97. The van der Waals surface area contributed by atoms with Gasteiger partial charge >= 0.3 is 11.9 Å². The average Bonchev–Trinajstić information content (AvgIpc) is 2.79. The predicted octanol–water partition coefficient (Wildman–Crippen LogP) is 4.93. The largest absolute Gasteiger partial charge is 0.497 e. The molecule has 2 aromatic rings. The van der Waals surface area contributed by atoms with E-state index in [2.05, 4.69) is 20.9 Å². The molecule has 32 heavy (non-hydrogen) atoms. The minimum Gasteiger partial charge on any atom is -0.497 e. The van der Waals surface area contributed by atoms with Gasteiger partial charge in [-0.05, 0) is 57.2 Å². The summed E-state index contributed by atoms with van der Waals surface area (Å²) in [5.41, 5.74) is 1.33. The Balaban J connectivity index is 2.21. The topological polar surface area (TPSA) is 94.4 Å². The van der Waals surface area contributed by atoms with Gasteiger partial charge in [0, 0.05) is 6.21 Å². The number of ether oxygens (including phenoxy) is 3. The van der Waals surface area contributed by atoms with Crippen LogP contribution in [0.15, 0.2) is 59.3 Å². The Bertz CT molecular complexity index is 1000. The van der Waals surface area contributed by atoms with E-state index in [9.17, 15) is 14.7 Å². The van der Waals surface area contributed by atoms with Gasteiger partial charge in [-0.1, -0.05) is 44.5 Å². The van der Waals surface area contributed by atoms with E-state index in [0.29, 0.717) is 27.8 Å². The molecule has 0 bridgehead atoms. The molecule has 0 saturated carbocycles. The summed E-state index contributed by atoms with van der Waals surface area (Å²) in [4.78, 5) is 28.4. The van der Waals surface area contributed by atoms with Crippen LogP contribution in [0.3, 0.4) is 0 Å². The third kappa shape index (κ3) is 6.68. The monoisotopic (exact) mass is 503 g/mol. The van der Waals surface area contributed by atoms with Crippen LogP contribution < -0.4 is 9.47 Å². The van der Waals surface area contributed by atoms with Crippen LogP contribution in [0, 0.1) is 5.92 Å². The lowest BCUT2D eigenvalue weighted by Crippen LogP contribution is -2.25. The molecule has 0 heterocycles. The Morgan fingerprint density at radius 2 is 1.81 bits per heavy atom. The summed E-state index contributed by atoms with van der Waals surface area (Å²) in [5, 5.41) is 9.38. The molecule has 8 heteroatoms.